The third-order valence-electron chi connectivity index (χ3n) is 10.2. The summed E-state index contributed by atoms with van der Waals surface area (Å²) in [6, 6.07) is 28.8. The largest absolute Gasteiger partial charge is 0.505 e. The van der Waals surface area contributed by atoms with Crippen molar-refractivity contribution in [3.05, 3.63) is 127 Å². The van der Waals surface area contributed by atoms with Crippen molar-refractivity contribution in [3.8, 4) is 11.5 Å². The van der Waals surface area contributed by atoms with Crippen LogP contribution in [0.15, 0.2) is 183 Å². The fraction of sp³-hybridized carbons (Fsp3) is 0. The van der Waals surface area contributed by atoms with Gasteiger partial charge >= 0.3 is 0 Å². The molecule has 0 aliphatic heterocycles. The van der Waals surface area contributed by atoms with Crippen LogP contribution in [-0.2, 0) is 30.4 Å². The first kappa shape index (κ1) is 58.9. The molecule has 3 radical (unpaired) electrons. The Balaban J connectivity index is 0.00000338. The Labute approximate surface area is 486 Å². The van der Waals surface area contributed by atoms with Crippen LogP contribution in [0.1, 0.15) is 0 Å². The summed E-state index contributed by atoms with van der Waals surface area (Å²) >= 11 is 0. The molecule has 0 atom stereocenters. The van der Waals surface area contributed by atoms with Crippen molar-refractivity contribution in [1.82, 2.24) is 0 Å². The summed E-state index contributed by atoms with van der Waals surface area (Å²) in [5, 5.41) is 57.9. The summed E-state index contributed by atoms with van der Waals surface area (Å²) in [7, 11) is -15.0. The number of nitrogen functional groups attached to an aromatic ring is 4. The monoisotopic (exact) mass is 1090 g/mol. The van der Waals surface area contributed by atoms with Gasteiger partial charge in [-0.15, -0.1) is 20.5 Å². The van der Waals surface area contributed by atoms with Crippen molar-refractivity contribution < 1.29 is 49.1 Å². The Kier molecular flexibility index (Phi) is 18.9. The van der Waals surface area contributed by atoms with Gasteiger partial charge in [0.1, 0.15) is 37.4 Å². The third kappa shape index (κ3) is 13.6. The van der Waals surface area contributed by atoms with Crippen LogP contribution in [0, 0.1) is 0 Å². The molecule has 24 nitrogen and oxygen atoms in total. The van der Waals surface area contributed by atoms with Crippen molar-refractivity contribution in [2.75, 3.05) is 28.3 Å². The molecule has 363 valence electrons. The van der Waals surface area contributed by atoms with Crippen molar-refractivity contribution in [1.29, 1.82) is 0 Å². The van der Waals surface area contributed by atoms with Crippen LogP contribution < -0.4 is 28.3 Å². The molecule has 0 spiro atoms. The Morgan fingerprint density at radius 2 is 0.770 bits per heavy atom. The maximum atomic E-state index is 12.6. The van der Waals surface area contributed by atoms with Gasteiger partial charge in [-0.05, 0) is 126 Å². The first-order valence-electron chi connectivity index (χ1n) is 20.0. The first-order chi connectivity index (χ1) is 33.5. The van der Waals surface area contributed by atoms with E-state index in [-0.39, 0.29) is 156 Å². The summed E-state index contributed by atoms with van der Waals surface area (Å²) in [6.45, 7) is 0. The zero-order chi connectivity index (χ0) is 51.0. The Bertz CT molecular complexity index is 3990. The molecular formula is C44H35N13Na3O11S3. The van der Waals surface area contributed by atoms with Crippen molar-refractivity contribution in [2.24, 2.45) is 40.9 Å². The third-order valence-corrected chi connectivity index (χ3v) is 12.8. The Morgan fingerprint density at radius 3 is 1.19 bits per heavy atom. The smallest absolute Gasteiger partial charge is 0.296 e. The summed E-state index contributed by atoms with van der Waals surface area (Å²) in [4.78, 5) is -2.30. The molecule has 0 amide bonds. The minimum atomic E-state index is -5.04. The second kappa shape index (κ2) is 23.7. The van der Waals surface area contributed by atoms with Crippen molar-refractivity contribution in [2.45, 2.75) is 14.7 Å². The second-order valence-corrected chi connectivity index (χ2v) is 19.3. The molecule has 0 saturated carbocycles. The van der Waals surface area contributed by atoms with Gasteiger partial charge in [-0.2, -0.15) is 45.7 Å². The van der Waals surface area contributed by atoms with E-state index in [0.717, 1.165) is 18.2 Å². The van der Waals surface area contributed by atoms with E-state index in [1.807, 2.05) is 0 Å². The fourth-order valence-electron chi connectivity index (χ4n) is 6.79. The zero-order valence-electron chi connectivity index (χ0n) is 38.9. The molecule has 14 N–H and O–H groups in total. The van der Waals surface area contributed by atoms with E-state index in [0.29, 0.717) is 22.7 Å². The number of hydrogen-bond acceptors (Lipinski definition) is 21. The average molecular weight is 1090 g/mol. The van der Waals surface area contributed by atoms with Gasteiger partial charge in [0.2, 0.25) is 0 Å². The zero-order valence-corrected chi connectivity index (χ0v) is 47.4. The van der Waals surface area contributed by atoms with Crippen LogP contribution in [0.5, 0.6) is 11.5 Å². The number of azo groups is 4. The molecule has 30 heteroatoms. The SMILES string of the molecule is Nc1ccc(N=Nc2ccc3cc(S(=O)(=O)O)c(N=Nc4ccc(Nc5ccc(N=Nc6c(S(=O)(=O)O)cc7ccc(N=Nc8ccc(N)cc8N)cc7c6O)cc5S(=O)(=O)O)cc4)c(O)c3c2)c(N)c1.[Na].[Na].[Na]. The molecule has 74 heavy (non-hydrogen) atoms. The average Bonchev–Trinajstić information content (AvgIpc) is 3.30. The topological polar surface area (TPSA) is 419 Å². The molecule has 0 aliphatic carbocycles. The maximum absolute atomic E-state index is 12.6. The van der Waals surface area contributed by atoms with Gasteiger partial charge in [-0.25, -0.2) is 0 Å². The predicted molar refractivity (Wildman–Crippen MR) is 281 cm³/mol. The number of nitrogens with zero attached hydrogens (tertiary/aromatic N) is 8. The quantitative estimate of drug-likeness (QED) is 0.0222. The number of phenols is 2. The van der Waals surface area contributed by atoms with Crippen LogP contribution in [0.4, 0.5) is 79.6 Å². The molecule has 8 aromatic rings. The number of nitrogens with one attached hydrogen (secondary N) is 1. The van der Waals surface area contributed by atoms with Gasteiger partial charge in [0.25, 0.3) is 30.4 Å². The van der Waals surface area contributed by atoms with Crippen molar-refractivity contribution >= 4 is 220 Å². The molecule has 0 aliphatic rings. The van der Waals surface area contributed by atoms with Gasteiger partial charge in [0.05, 0.1) is 39.8 Å². The van der Waals surface area contributed by atoms with E-state index in [4.69, 9.17) is 22.9 Å². The Morgan fingerprint density at radius 1 is 0.392 bits per heavy atom. The molecule has 8 aromatic carbocycles. The van der Waals surface area contributed by atoms with E-state index in [1.54, 1.807) is 18.2 Å². The molecule has 0 bridgehead atoms. The van der Waals surface area contributed by atoms with Crippen LogP contribution in [0.2, 0.25) is 0 Å². The number of hydrogen-bond donors (Lipinski definition) is 10. The number of aromatic hydroxyl groups is 2. The van der Waals surface area contributed by atoms with Gasteiger partial charge < -0.3 is 38.5 Å². The van der Waals surface area contributed by atoms with Gasteiger partial charge in [0, 0.05) is 117 Å². The second-order valence-electron chi connectivity index (χ2n) is 15.2. The molecule has 0 fully saturated rings. The van der Waals surface area contributed by atoms with Crippen LogP contribution >= 0.6 is 0 Å². The van der Waals surface area contributed by atoms with Gasteiger partial charge in [-0.1, -0.05) is 12.1 Å². The molecule has 0 aromatic heterocycles. The van der Waals surface area contributed by atoms with E-state index in [2.05, 4.69) is 46.2 Å². The Hall–Kier alpha value is -5.99. The van der Waals surface area contributed by atoms with Crippen LogP contribution in [0.3, 0.4) is 0 Å². The van der Waals surface area contributed by atoms with Crippen LogP contribution in [-0.4, -0.2) is 138 Å². The number of benzene rings is 8. The summed E-state index contributed by atoms with van der Waals surface area (Å²) < 4.78 is 105. The molecule has 8 rings (SSSR count). The van der Waals surface area contributed by atoms with Gasteiger partial charge in [0.15, 0.2) is 11.5 Å². The normalized spacial score (nSPS) is 12.1. The van der Waals surface area contributed by atoms with E-state index >= 15 is 0 Å². The van der Waals surface area contributed by atoms with E-state index < -0.39 is 67.9 Å². The number of fused-ring (bicyclic) bond motifs is 2. The molecule has 0 saturated heterocycles. The minimum Gasteiger partial charge on any atom is -0.505 e. The first-order valence-corrected chi connectivity index (χ1v) is 24.3. The standard InChI is InChI=1S/C44H35N13O11S3.3Na/c45-24-3-12-35(33(47)17-24)54-51-28-5-1-22-15-39(70(63,64)65)41(43(58)31(22)19-28)56-50-27-9-7-26(8-10-27)49-37-14-11-30(21-38(37)69(60,61)62)53-57-42-40(71(66,67)68)16-23-2-6-29(20-32(23)44(42)59)52-55-36-13-4-25(46)18-34(36)48;;;/h1-21,49,58-59H,45-48H2,(H,60,61,62)(H,63,64,65)(H,66,67,68);;;. The van der Waals surface area contributed by atoms with Crippen molar-refractivity contribution in [3.63, 3.8) is 0 Å². The molecular weight excluding hydrogens is 1050 g/mol. The summed E-state index contributed by atoms with van der Waals surface area (Å²) in [5.41, 5.74) is 24.3. The van der Waals surface area contributed by atoms with Crippen LogP contribution in [0.25, 0.3) is 21.5 Å². The minimum absolute atomic E-state index is 0. The summed E-state index contributed by atoms with van der Waals surface area (Å²) in [5.74, 6) is -1.41. The maximum Gasteiger partial charge on any atom is 0.296 e. The molecule has 0 heterocycles. The number of rotatable bonds is 13. The number of phenolic OH excluding ortho intramolecular Hbond substituents is 2. The van der Waals surface area contributed by atoms with E-state index in [1.165, 1.54) is 91.0 Å². The fourth-order valence-corrected chi connectivity index (χ4v) is 8.77. The van der Waals surface area contributed by atoms with Gasteiger partial charge in [-0.3, -0.25) is 13.7 Å². The number of nitrogens with two attached hydrogens (primary N) is 4. The predicted octanol–water partition coefficient (Wildman–Crippen LogP) is 9.74. The van der Waals surface area contributed by atoms with E-state index in [9.17, 15) is 49.1 Å². The molecule has 0 unspecified atom stereocenters. The number of anilines is 6. The summed E-state index contributed by atoms with van der Waals surface area (Å²) in [6.07, 6.45) is 0.